The maximum Gasteiger partial charge on any atom is 0.128 e. The number of nitrogens with zero attached hydrogens (tertiary/aromatic N) is 5. The van der Waals surface area contributed by atoms with Gasteiger partial charge in [-0.1, -0.05) is 6.07 Å². The quantitative estimate of drug-likeness (QED) is 0.607. The lowest BCUT2D eigenvalue weighted by atomic mass is 10.1. The first kappa shape index (κ1) is 20.7. The molecule has 1 saturated heterocycles. The van der Waals surface area contributed by atoms with Gasteiger partial charge in [0.1, 0.15) is 11.6 Å². The molecule has 0 radical (unpaired) electrons. The van der Waals surface area contributed by atoms with Gasteiger partial charge in [0, 0.05) is 48.8 Å². The molecule has 3 atom stereocenters. The molecule has 6 rings (SSSR count). The zero-order valence-electron chi connectivity index (χ0n) is 19.8. The molecule has 172 valence electrons. The van der Waals surface area contributed by atoms with Gasteiger partial charge in [0.2, 0.25) is 0 Å². The van der Waals surface area contributed by atoms with Crippen molar-refractivity contribution in [3.05, 3.63) is 63.7 Å². The Bertz CT molecular complexity index is 1200. The minimum atomic E-state index is 0.322. The molecular weight excluding hydrogens is 410 g/mol. The first-order valence-electron chi connectivity index (χ1n) is 12.2. The summed E-state index contributed by atoms with van der Waals surface area (Å²) in [7, 11) is 0. The summed E-state index contributed by atoms with van der Waals surface area (Å²) in [5.74, 6) is 3.66. The first-order valence-corrected chi connectivity index (χ1v) is 12.2. The van der Waals surface area contributed by atoms with Crippen LogP contribution >= 0.6 is 0 Å². The molecule has 3 N–H and O–H groups in total. The summed E-state index contributed by atoms with van der Waals surface area (Å²) in [5.41, 5.74) is 14.3. The first-order chi connectivity index (χ1) is 15.9. The third-order valence-corrected chi connectivity index (χ3v) is 7.78. The number of hydrogen-bond donors (Lipinski definition) is 2. The summed E-state index contributed by atoms with van der Waals surface area (Å²) in [4.78, 5) is 11.8. The summed E-state index contributed by atoms with van der Waals surface area (Å²) in [5, 5.41) is 8.52. The number of hydrogen-bond acceptors (Lipinski definition) is 6. The van der Waals surface area contributed by atoms with Crippen molar-refractivity contribution in [1.82, 2.24) is 25.1 Å². The van der Waals surface area contributed by atoms with Crippen molar-refractivity contribution in [2.45, 2.75) is 59.2 Å². The molecule has 0 bridgehead atoms. The monoisotopic (exact) mass is 443 g/mol. The predicted octanol–water partition coefficient (Wildman–Crippen LogP) is 3.46. The molecule has 7 nitrogen and oxygen atoms in total. The van der Waals surface area contributed by atoms with Gasteiger partial charge in [-0.25, -0.2) is 9.97 Å². The second-order valence-corrected chi connectivity index (χ2v) is 10.2. The fourth-order valence-electron chi connectivity index (χ4n) is 5.72. The van der Waals surface area contributed by atoms with Crippen molar-refractivity contribution in [3.8, 4) is 0 Å². The lowest BCUT2D eigenvalue weighted by Crippen LogP contribution is -2.23. The number of rotatable bonds is 6. The SMILES string of the molecule is Cc1cc2c(c(N)n1)CC[C@H]2NCc1cn(Cc2ccc(N3CC4CC4C3)nc2C)nc1C. The molecule has 3 aromatic heterocycles. The van der Waals surface area contributed by atoms with Gasteiger partial charge in [0.05, 0.1) is 12.2 Å². The lowest BCUT2D eigenvalue weighted by molar-refractivity contribution is 0.529. The van der Waals surface area contributed by atoms with Gasteiger partial charge in [0.15, 0.2) is 0 Å². The Hall–Kier alpha value is -2.93. The molecule has 7 heteroatoms. The van der Waals surface area contributed by atoms with Gasteiger partial charge >= 0.3 is 0 Å². The molecular formula is C26H33N7. The standard InChI is InChI=1S/C26H33N7/c1-15-8-23-22(26(27)29-15)5-6-24(23)28-10-21-14-33(31-17(21)3)13-18-4-7-25(30-16(18)2)32-11-19-9-20(19)12-32/h4,7-8,14,19-20,24,28H,5-6,9-13H2,1-3H3,(H2,27,29)/t19?,20?,24-/m1/s1. The minimum Gasteiger partial charge on any atom is -0.383 e. The average Bonchev–Trinajstić information content (AvgIpc) is 3.10. The second kappa shape index (κ2) is 7.83. The van der Waals surface area contributed by atoms with Gasteiger partial charge in [0.25, 0.3) is 0 Å². The zero-order valence-corrected chi connectivity index (χ0v) is 19.8. The van der Waals surface area contributed by atoms with Crippen LogP contribution in [0.25, 0.3) is 0 Å². The van der Waals surface area contributed by atoms with Gasteiger partial charge < -0.3 is 16.0 Å². The number of aromatic nitrogens is 4. The Morgan fingerprint density at radius 2 is 1.88 bits per heavy atom. The summed E-state index contributed by atoms with van der Waals surface area (Å²) in [6, 6.07) is 6.91. The van der Waals surface area contributed by atoms with Crippen LogP contribution in [-0.2, 0) is 19.5 Å². The highest BCUT2D eigenvalue weighted by Gasteiger charge is 2.45. The number of piperidine rings is 1. The van der Waals surface area contributed by atoms with E-state index >= 15 is 0 Å². The maximum absolute atomic E-state index is 6.15. The smallest absolute Gasteiger partial charge is 0.128 e. The van der Waals surface area contributed by atoms with Crippen LogP contribution in [0.4, 0.5) is 11.6 Å². The third kappa shape index (κ3) is 3.88. The fraction of sp³-hybridized carbons (Fsp3) is 0.500. The number of aryl methyl sites for hydroxylation is 3. The van der Waals surface area contributed by atoms with Gasteiger partial charge in [-0.15, -0.1) is 0 Å². The lowest BCUT2D eigenvalue weighted by Gasteiger charge is -2.20. The number of fused-ring (bicyclic) bond motifs is 2. The van der Waals surface area contributed by atoms with Crippen molar-refractivity contribution in [3.63, 3.8) is 0 Å². The van der Waals surface area contributed by atoms with Crippen LogP contribution in [0.3, 0.4) is 0 Å². The minimum absolute atomic E-state index is 0.322. The number of nitrogen functional groups attached to an aromatic ring is 1. The van der Waals surface area contributed by atoms with Crippen LogP contribution in [0.15, 0.2) is 24.4 Å². The summed E-state index contributed by atoms with van der Waals surface area (Å²) >= 11 is 0. The Morgan fingerprint density at radius 1 is 1.06 bits per heavy atom. The van der Waals surface area contributed by atoms with E-state index in [9.17, 15) is 0 Å². The van der Waals surface area contributed by atoms with Crippen LogP contribution in [0.5, 0.6) is 0 Å². The van der Waals surface area contributed by atoms with E-state index in [0.29, 0.717) is 11.9 Å². The van der Waals surface area contributed by atoms with E-state index in [1.807, 2.05) is 6.92 Å². The van der Waals surface area contributed by atoms with Crippen LogP contribution in [0.1, 0.15) is 58.2 Å². The molecule has 2 unspecified atom stereocenters. The average molecular weight is 444 g/mol. The van der Waals surface area contributed by atoms with Crippen molar-refractivity contribution in [2.75, 3.05) is 23.7 Å². The highest BCUT2D eigenvalue weighted by Crippen LogP contribution is 2.46. The molecule has 0 aromatic carbocycles. The van der Waals surface area contributed by atoms with E-state index in [1.54, 1.807) is 0 Å². The number of nitrogens with one attached hydrogen (secondary N) is 1. The molecule has 0 amide bonds. The molecule has 33 heavy (non-hydrogen) atoms. The fourth-order valence-corrected chi connectivity index (χ4v) is 5.72. The van der Waals surface area contributed by atoms with Gasteiger partial charge in [-0.2, -0.15) is 5.10 Å². The van der Waals surface area contributed by atoms with Gasteiger partial charge in [-0.3, -0.25) is 4.68 Å². The van der Waals surface area contributed by atoms with E-state index in [0.717, 1.165) is 60.7 Å². The third-order valence-electron chi connectivity index (χ3n) is 7.78. The van der Waals surface area contributed by atoms with Crippen LogP contribution in [-0.4, -0.2) is 32.8 Å². The van der Waals surface area contributed by atoms with E-state index in [1.165, 1.54) is 41.8 Å². The highest BCUT2D eigenvalue weighted by molar-refractivity contribution is 5.50. The van der Waals surface area contributed by atoms with Crippen molar-refractivity contribution in [2.24, 2.45) is 11.8 Å². The van der Waals surface area contributed by atoms with Crippen molar-refractivity contribution in [1.29, 1.82) is 0 Å². The molecule has 1 aliphatic heterocycles. The largest absolute Gasteiger partial charge is 0.383 e. The molecule has 2 aliphatic carbocycles. The van der Waals surface area contributed by atoms with Crippen LogP contribution < -0.4 is 16.0 Å². The topological polar surface area (TPSA) is 84.9 Å². The molecule has 1 saturated carbocycles. The summed E-state index contributed by atoms with van der Waals surface area (Å²) in [6.45, 7) is 10.1. The zero-order chi connectivity index (χ0) is 22.7. The van der Waals surface area contributed by atoms with Crippen LogP contribution in [0.2, 0.25) is 0 Å². The summed E-state index contributed by atoms with van der Waals surface area (Å²) < 4.78 is 2.05. The number of anilines is 2. The normalized spacial score (nSPS) is 23.1. The Morgan fingerprint density at radius 3 is 2.67 bits per heavy atom. The summed E-state index contributed by atoms with van der Waals surface area (Å²) in [6.07, 6.45) is 5.65. The molecule has 2 fully saturated rings. The van der Waals surface area contributed by atoms with E-state index in [2.05, 4.69) is 58.1 Å². The molecule has 3 aliphatic rings. The number of nitrogens with two attached hydrogens (primary N) is 1. The van der Waals surface area contributed by atoms with Crippen molar-refractivity contribution >= 4 is 11.6 Å². The number of pyridine rings is 2. The van der Waals surface area contributed by atoms with Crippen molar-refractivity contribution < 1.29 is 0 Å². The van der Waals surface area contributed by atoms with E-state index in [-0.39, 0.29) is 0 Å². The Balaban J connectivity index is 1.12. The molecule has 4 heterocycles. The van der Waals surface area contributed by atoms with Crippen LogP contribution in [0, 0.1) is 32.6 Å². The predicted molar refractivity (Wildman–Crippen MR) is 130 cm³/mol. The Labute approximate surface area is 195 Å². The van der Waals surface area contributed by atoms with Gasteiger partial charge in [-0.05, 0) is 80.7 Å². The highest BCUT2D eigenvalue weighted by atomic mass is 15.3. The van der Waals surface area contributed by atoms with E-state index < -0.39 is 0 Å². The van der Waals surface area contributed by atoms with E-state index in [4.69, 9.17) is 15.8 Å². The molecule has 0 spiro atoms. The maximum atomic E-state index is 6.15. The second-order valence-electron chi connectivity index (χ2n) is 10.2. The Kier molecular flexibility index (Phi) is 4.91. The molecule has 3 aromatic rings.